The van der Waals surface area contributed by atoms with E-state index in [9.17, 15) is 0 Å². The predicted octanol–water partition coefficient (Wildman–Crippen LogP) is 4.24. The Morgan fingerprint density at radius 1 is 1.25 bits per heavy atom. The van der Waals surface area contributed by atoms with Crippen LogP contribution in [0.4, 0.5) is 0 Å². The monoisotopic (exact) mass is 294 g/mol. The molecule has 1 saturated carbocycles. The molecule has 0 spiro atoms. The molecule has 1 aliphatic rings. The molecular formula is C17H27ClN2. The van der Waals surface area contributed by atoms with Gasteiger partial charge in [0.05, 0.1) is 0 Å². The summed E-state index contributed by atoms with van der Waals surface area (Å²) >= 11 is 5.98. The van der Waals surface area contributed by atoms with Crippen LogP contribution < -0.4 is 5.73 Å². The number of benzene rings is 1. The van der Waals surface area contributed by atoms with Crippen LogP contribution in [0.15, 0.2) is 24.3 Å². The molecule has 2 nitrogen and oxygen atoms in total. The Hall–Kier alpha value is -0.570. The summed E-state index contributed by atoms with van der Waals surface area (Å²) in [5.74, 6) is 0. The largest absolute Gasteiger partial charge is 0.329 e. The number of nitrogens with two attached hydrogens (primary N) is 1. The molecule has 1 fully saturated rings. The number of hydrogen-bond donors (Lipinski definition) is 1. The molecule has 0 radical (unpaired) electrons. The standard InChI is InChI=1S/C17H27ClN2/c1-13(14-5-7-15(18)8-6-14)20(4)17(12-19)10-9-16(2,3)11-17/h5-8,13H,9-12,19H2,1-4H3. The summed E-state index contributed by atoms with van der Waals surface area (Å²) in [7, 11) is 2.22. The van der Waals surface area contributed by atoms with E-state index < -0.39 is 0 Å². The smallest absolute Gasteiger partial charge is 0.0406 e. The number of halogens is 1. The van der Waals surface area contributed by atoms with Crippen LogP contribution in [0.1, 0.15) is 51.6 Å². The second-order valence-electron chi connectivity index (χ2n) is 7.11. The predicted molar refractivity (Wildman–Crippen MR) is 87.0 cm³/mol. The maximum atomic E-state index is 6.17. The lowest BCUT2D eigenvalue weighted by Crippen LogP contribution is -2.51. The van der Waals surface area contributed by atoms with Gasteiger partial charge in [0.25, 0.3) is 0 Å². The van der Waals surface area contributed by atoms with Crippen molar-refractivity contribution in [3.05, 3.63) is 34.9 Å². The van der Waals surface area contributed by atoms with Crippen molar-refractivity contribution in [2.45, 2.75) is 51.6 Å². The third-order valence-corrected chi connectivity index (χ3v) is 5.39. The molecule has 0 heterocycles. The fraction of sp³-hybridized carbons (Fsp3) is 0.647. The van der Waals surface area contributed by atoms with Gasteiger partial charge in [-0.25, -0.2) is 0 Å². The van der Waals surface area contributed by atoms with E-state index in [2.05, 4.69) is 44.9 Å². The highest BCUT2D eigenvalue weighted by Crippen LogP contribution is 2.47. The lowest BCUT2D eigenvalue weighted by Gasteiger charge is -2.43. The zero-order chi connectivity index (χ0) is 15.0. The highest BCUT2D eigenvalue weighted by molar-refractivity contribution is 6.30. The number of rotatable bonds is 4. The van der Waals surface area contributed by atoms with Crippen molar-refractivity contribution in [2.75, 3.05) is 13.6 Å². The van der Waals surface area contributed by atoms with Crippen molar-refractivity contribution < 1.29 is 0 Å². The zero-order valence-electron chi connectivity index (χ0n) is 13.1. The lowest BCUT2D eigenvalue weighted by atomic mass is 9.86. The first-order valence-corrected chi connectivity index (χ1v) is 7.86. The van der Waals surface area contributed by atoms with E-state index in [1.165, 1.54) is 24.8 Å². The van der Waals surface area contributed by atoms with Gasteiger partial charge in [0.2, 0.25) is 0 Å². The van der Waals surface area contributed by atoms with Gasteiger partial charge in [-0.15, -0.1) is 0 Å². The Labute approximate surface area is 128 Å². The van der Waals surface area contributed by atoms with E-state index in [-0.39, 0.29) is 5.54 Å². The molecule has 112 valence electrons. The van der Waals surface area contributed by atoms with Gasteiger partial charge in [0, 0.05) is 23.1 Å². The first-order valence-electron chi connectivity index (χ1n) is 7.48. The van der Waals surface area contributed by atoms with Crippen LogP contribution in [-0.2, 0) is 0 Å². The molecule has 2 atom stereocenters. The van der Waals surface area contributed by atoms with Crippen molar-refractivity contribution in [3.8, 4) is 0 Å². The molecule has 0 aliphatic heterocycles. The van der Waals surface area contributed by atoms with Crippen molar-refractivity contribution in [3.63, 3.8) is 0 Å². The number of hydrogen-bond acceptors (Lipinski definition) is 2. The molecule has 2 rings (SSSR count). The first-order chi connectivity index (χ1) is 9.30. The minimum Gasteiger partial charge on any atom is -0.329 e. The fourth-order valence-corrected chi connectivity index (χ4v) is 3.76. The molecule has 2 N–H and O–H groups in total. The Balaban J connectivity index is 2.20. The van der Waals surface area contributed by atoms with Gasteiger partial charge in [-0.05, 0) is 56.3 Å². The molecule has 0 aromatic heterocycles. The topological polar surface area (TPSA) is 29.3 Å². The second-order valence-corrected chi connectivity index (χ2v) is 7.54. The van der Waals surface area contributed by atoms with Crippen molar-refractivity contribution in [2.24, 2.45) is 11.1 Å². The minimum atomic E-state index is 0.128. The van der Waals surface area contributed by atoms with E-state index in [1.54, 1.807) is 0 Å². The van der Waals surface area contributed by atoms with Crippen LogP contribution in [0.25, 0.3) is 0 Å². The minimum absolute atomic E-state index is 0.128. The normalized spacial score (nSPS) is 26.9. The molecule has 0 amide bonds. The van der Waals surface area contributed by atoms with Crippen molar-refractivity contribution >= 4 is 11.6 Å². The third kappa shape index (κ3) is 3.03. The summed E-state index contributed by atoms with van der Waals surface area (Å²) in [5, 5.41) is 0.791. The van der Waals surface area contributed by atoms with E-state index in [0.717, 1.165) is 11.6 Å². The summed E-state index contributed by atoms with van der Waals surface area (Å²) < 4.78 is 0. The van der Waals surface area contributed by atoms with Crippen LogP contribution >= 0.6 is 11.6 Å². The highest BCUT2D eigenvalue weighted by Gasteiger charge is 2.46. The third-order valence-electron chi connectivity index (χ3n) is 5.14. The summed E-state index contributed by atoms with van der Waals surface area (Å²) in [5.41, 5.74) is 7.99. The van der Waals surface area contributed by atoms with Gasteiger partial charge in [-0.1, -0.05) is 37.6 Å². The Morgan fingerprint density at radius 2 is 1.85 bits per heavy atom. The van der Waals surface area contributed by atoms with E-state index in [4.69, 9.17) is 17.3 Å². The molecule has 1 aromatic rings. The van der Waals surface area contributed by atoms with E-state index >= 15 is 0 Å². The van der Waals surface area contributed by atoms with Crippen LogP contribution in [0.3, 0.4) is 0 Å². The van der Waals surface area contributed by atoms with Crippen molar-refractivity contribution in [1.29, 1.82) is 0 Å². The highest BCUT2D eigenvalue weighted by atomic mass is 35.5. The Bertz CT molecular complexity index is 455. The van der Waals surface area contributed by atoms with E-state index in [0.29, 0.717) is 11.5 Å². The molecular weight excluding hydrogens is 268 g/mol. The fourth-order valence-electron chi connectivity index (χ4n) is 3.63. The first kappa shape index (κ1) is 15.8. The number of likely N-dealkylation sites (N-methyl/N-ethyl adjacent to an activating group) is 1. The molecule has 2 unspecified atom stereocenters. The maximum absolute atomic E-state index is 6.17. The molecule has 20 heavy (non-hydrogen) atoms. The summed E-state index contributed by atoms with van der Waals surface area (Å²) in [6.45, 7) is 7.69. The van der Waals surface area contributed by atoms with Crippen LogP contribution in [0.2, 0.25) is 5.02 Å². The molecule has 3 heteroatoms. The van der Waals surface area contributed by atoms with Gasteiger partial charge >= 0.3 is 0 Å². The van der Waals surface area contributed by atoms with E-state index in [1.807, 2.05) is 12.1 Å². The summed E-state index contributed by atoms with van der Waals surface area (Å²) in [4.78, 5) is 2.48. The Kier molecular flexibility index (Phi) is 4.48. The molecule has 0 bridgehead atoms. The average Bonchev–Trinajstić information content (AvgIpc) is 2.75. The van der Waals surface area contributed by atoms with Crippen LogP contribution in [0, 0.1) is 5.41 Å². The Morgan fingerprint density at radius 3 is 2.30 bits per heavy atom. The SMILES string of the molecule is CC(c1ccc(Cl)cc1)N(C)C1(CN)CCC(C)(C)C1. The molecule has 1 aliphatic carbocycles. The quantitative estimate of drug-likeness (QED) is 0.900. The second kappa shape index (κ2) is 5.67. The van der Waals surface area contributed by atoms with Crippen LogP contribution in [-0.4, -0.2) is 24.0 Å². The molecule has 1 aromatic carbocycles. The average molecular weight is 295 g/mol. The molecule has 0 saturated heterocycles. The zero-order valence-corrected chi connectivity index (χ0v) is 13.9. The van der Waals surface area contributed by atoms with Gasteiger partial charge in [-0.3, -0.25) is 4.90 Å². The maximum Gasteiger partial charge on any atom is 0.0406 e. The summed E-state index contributed by atoms with van der Waals surface area (Å²) in [6.07, 6.45) is 3.61. The van der Waals surface area contributed by atoms with Gasteiger partial charge < -0.3 is 5.73 Å². The van der Waals surface area contributed by atoms with Gasteiger partial charge in [0.15, 0.2) is 0 Å². The van der Waals surface area contributed by atoms with Crippen molar-refractivity contribution in [1.82, 2.24) is 4.90 Å². The lowest BCUT2D eigenvalue weighted by molar-refractivity contribution is 0.0797. The van der Waals surface area contributed by atoms with Gasteiger partial charge in [-0.2, -0.15) is 0 Å². The van der Waals surface area contributed by atoms with Crippen LogP contribution in [0.5, 0.6) is 0 Å². The van der Waals surface area contributed by atoms with Gasteiger partial charge in [0.1, 0.15) is 0 Å². The number of nitrogens with zero attached hydrogens (tertiary/aromatic N) is 1. The summed E-state index contributed by atoms with van der Waals surface area (Å²) in [6, 6.07) is 8.52.